The Hall–Kier alpha value is -2.95. The van der Waals surface area contributed by atoms with E-state index in [1.54, 1.807) is 31.4 Å². The van der Waals surface area contributed by atoms with E-state index in [0.29, 0.717) is 47.0 Å². The lowest BCUT2D eigenvalue weighted by atomic mass is 10.2. The number of hydrogen-bond acceptors (Lipinski definition) is 8. The zero-order valence-electron chi connectivity index (χ0n) is 16.5. The van der Waals surface area contributed by atoms with Gasteiger partial charge in [0.25, 0.3) is 0 Å². The summed E-state index contributed by atoms with van der Waals surface area (Å²) in [4.78, 5) is 18.2. The molecular weight excluding hydrogens is 444 g/mol. The topological polar surface area (TPSA) is 114 Å². The number of nitrogens with one attached hydrogen (secondary N) is 1. The number of H-pyrrole nitrogens is 1. The maximum absolute atomic E-state index is 11.8. The van der Waals surface area contributed by atoms with E-state index in [9.17, 15) is 9.90 Å². The van der Waals surface area contributed by atoms with Gasteiger partial charge in [0.1, 0.15) is 16.4 Å². The minimum atomic E-state index is -1.11. The molecule has 9 nitrogen and oxygen atoms in total. The molecule has 0 aliphatic carbocycles. The summed E-state index contributed by atoms with van der Waals surface area (Å²) in [6.45, 7) is 2.72. The molecule has 0 saturated carbocycles. The highest BCUT2D eigenvalue weighted by Crippen LogP contribution is 2.33. The fourth-order valence-corrected chi connectivity index (χ4v) is 3.87. The fraction of sp³-hybridized carbons (Fsp3) is 0.250. The summed E-state index contributed by atoms with van der Waals surface area (Å²) >= 11 is 6.98. The molecule has 11 heteroatoms. The number of thioether (sulfide) groups is 1. The number of furan rings is 1. The van der Waals surface area contributed by atoms with Gasteiger partial charge in [0.15, 0.2) is 11.7 Å². The van der Waals surface area contributed by atoms with E-state index in [2.05, 4.69) is 15.2 Å². The summed E-state index contributed by atoms with van der Waals surface area (Å²) in [6.07, 6.45) is 1.45. The quantitative estimate of drug-likeness (QED) is 0.400. The Morgan fingerprint density at radius 2 is 2.13 bits per heavy atom. The van der Waals surface area contributed by atoms with Crippen LogP contribution < -0.4 is 9.64 Å². The molecule has 3 aromatic rings. The predicted molar refractivity (Wildman–Crippen MR) is 117 cm³/mol. The van der Waals surface area contributed by atoms with Crippen molar-refractivity contribution in [3.05, 3.63) is 46.0 Å². The van der Waals surface area contributed by atoms with E-state index in [-0.39, 0.29) is 10.1 Å². The minimum Gasteiger partial charge on any atom is -0.496 e. The van der Waals surface area contributed by atoms with Gasteiger partial charge < -0.3 is 23.9 Å². The number of nitrogens with zero attached hydrogens (tertiary/aromatic N) is 3. The third-order valence-corrected chi connectivity index (χ3v) is 5.61. The number of ether oxygens (including phenoxy) is 2. The van der Waals surface area contributed by atoms with Crippen LogP contribution in [0, 0.1) is 0 Å². The van der Waals surface area contributed by atoms with Crippen LogP contribution in [0.2, 0.25) is 5.02 Å². The molecule has 0 bridgehead atoms. The Morgan fingerprint density at radius 1 is 1.32 bits per heavy atom. The van der Waals surface area contributed by atoms with Gasteiger partial charge in [-0.2, -0.15) is 0 Å². The Labute approximate surface area is 187 Å². The maximum Gasteiger partial charge on any atom is 0.342 e. The van der Waals surface area contributed by atoms with Gasteiger partial charge >= 0.3 is 5.97 Å². The summed E-state index contributed by atoms with van der Waals surface area (Å²) in [5.74, 6) is 0.980. The van der Waals surface area contributed by atoms with Gasteiger partial charge in [0.05, 0.1) is 25.9 Å². The first-order valence-corrected chi connectivity index (χ1v) is 10.5. The normalized spacial score (nSPS) is 14.6. The van der Waals surface area contributed by atoms with Crippen LogP contribution in [-0.2, 0) is 9.53 Å². The van der Waals surface area contributed by atoms with Crippen molar-refractivity contribution in [1.29, 1.82) is 0 Å². The Kier molecular flexibility index (Phi) is 6.50. The molecule has 1 aromatic carbocycles. The van der Waals surface area contributed by atoms with Crippen molar-refractivity contribution in [3.63, 3.8) is 0 Å². The molecule has 1 fully saturated rings. The number of anilines is 1. The second-order valence-electron chi connectivity index (χ2n) is 6.50. The van der Waals surface area contributed by atoms with Crippen LogP contribution in [0.4, 0.5) is 5.88 Å². The van der Waals surface area contributed by atoms with Crippen LogP contribution in [0.5, 0.6) is 5.75 Å². The number of carbonyl (C=O) groups is 1. The molecule has 162 valence electrons. The molecule has 3 heterocycles. The number of carboxylic acid groups (broad SMARTS) is 1. The van der Waals surface area contributed by atoms with Crippen molar-refractivity contribution in [2.45, 2.75) is 5.16 Å². The number of aromatic nitrogens is 3. The average Bonchev–Trinajstić information content (AvgIpc) is 3.44. The summed E-state index contributed by atoms with van der Waals surface area (Å²) in [5.41, 5.74) is 0.622. The third-order valence-electron chi connectivity index (χ3n) is 4.50. The largest absolute Gasteiger partial charge is 0.496 e. The number of carboxylic acids is 1. The SMILES string of the molecule is COc1ccc(Cl)cc1-c1nc(S/C(=C\c2ccc(N3CCOCC3)o2)C(=O)O)n[nH]1. The van der Waals surface area contributed by atoms with Crippen molar-refractivity contribution >= 4 is 41.3 Å². The number of benzene rings is 1. The first-order valence-electron chi connectivity index (χ1n) is 9.35. The van der Waals surface area contributed by atoms with Gasteiger partial charge in [-0.1, -0.05) is 11.6 Å². The number of methoxy groups -OCH3 is 1. The van der Waals surface area contributed by atoms with Crippen molar-refractivity contribution in [2.24, 2.45) is 0 Å². The van der Waals surface area contributed by atoms with Gasteiger partial charge in [-0.25, -0.2) is 9.78 Å². The summed E-state index contributed by atoms with van der Waals surface area (Å²) in [5, 5.41) is 17.3. The molecule has 1 saturated heterocycles. The number of morpholine rings is 1. The van der Waals surface area contributed by atoms with Crippen LogP contribution in [0.15, 0.2) is 44.8 Å². The van der Waals surface area contributed by atoms with E-state index >= 15 is 0 Å². The molecule has 0 atom stereocenters. The third kappa shape index (κ3) is 5.04. The molecule has 0 unspecified atom stereocenters. The standard InChI is InChI=1S/C20H19ClN4O5S/c1-28-15-4-2-12(21)10-14(15)18-22-20(24-23-18)31-16(19(26)27)11-13-3-5-17(30-13)25-6-8-29-9-7-25/h2-5,10-11H,6-9H2,1H3,(H,26,27)(H,22,23,24)/b16-11-. The molecule has 0 amide bonds. The van der Waals surface area contributed by atoms with E-state index < -0.39 is 5.97 Å². The highest BCUT2D eigenvalue weighted by molar-refractivity contribution is 8.04. The van der Waals surface area contributed by atoms with Crippen LogP contribution in [-0.4, -0.2) is 59.7 Å². The van der Waals surface area contributed by atoms with Crippen LogP contribution >= 0.6 is 23.4 Å². The molecule has 31 heavy (non-hydrogen) atoms. The Bertz CT molecular complexity index is 1110. The molecule has 1 aliphatic rings. The molecule has 2 aromatic heterocycles. The van der Waals surface area contributed by atoms with Crippen molar-refractivity contribution < 1.29 is 23.8 Å². The minimum absolute atomic E-state index is 0.0199. The molecule has 0 radical (unpaired) electrons. The molecule has 1 aliphatic heterocycles. The maximum atomic E-state index is 11.8. The first kappa shape index (κ1) is 21.3. The number of aromatic amines is 1. The molecule has 4 rings (SSSR count). The van der Waals surface area contributed by atoms with Crippen molar-refractivity contribution in [3.8, 4) is 17.1 Å². The van der Waals surface area contributed by atoms with E-state index in [4.69, 9.17) is 25.5 Å². The molecule has 0 spiro atoms. The average molecular weight is 463 g/mol. The summed E-state index contributed by atoms with van der Waals surface area (Å²) < 4.78 is 16.5. The van der Waals surface area contributed by atoms with Crippen molar-refractivity contribution in [1.82, 2.24) is 15.2 Å². The fourth-order valence-electron chi connectivity index (χ4n) is 3.01. The lowest BCUT2D eigenvalue weighted by molar-refractivity contribution is -0.131. The van der Waals surface area contributed by atoms with E-state index in [1.165, 1.54) is 6.08 Å². The summed E-state index contributed by atoms with van der Waals surface area (Å²) in [6, 6.07) is 8.67. The van der Waals surface area contributed by atoms with Crippen molar-refractivity contribution in [2.75, 3.05) is 38.3 Å². The Balaban J connectivity index is 1.54. The highest BCUT2D eigenvalue weighted by atomic mass is 35.5. The Morgan fingerprint density at radius 3 is 2.87 bits per heavy atom. The lowest BCUT2D eigenvalue weighted by Gasteiger charge is -2.26. The molecule has 2 N–H and O–H groups in total. The number of rotatable bonds is 7. The predicted octanol–water partition coefficient (Wildman–Crippen LogP) is 3.78. The zero-order chi connectivity index (χ0) is 21.8. The number of hydrogen-bond donors (Lipinski definition) is 2. The smallest absolute Gasteiger partial charge is 0.342 e. The van der Waals surface area contributed by atoms with E-state index in [0.717, 1.165) is 24.9 Å². The van der Waals surface area contributed by atoms with Gasteiger partial charge in [-0.05, 0) is 36.0 Å². The highest BCUT2D eigenvalue weighted by Gasteiger charge is 2.18. The van der Waals surface area contributed by atoms with Crippen LogP contribution in [0.1, 0.15) is 5.76 Å². The first-order chi connectivity index (χ1) is 15.0. The summed E-state index contributed by atoms with van der Waals surface area (Å²) in [7, 11) is 1.54. The number of aliphatic carboxylic acids is 1. The molecular formula is C20H19ClN4O5S. The second kappa shape index (κ2) is 9.46. The van der Waals surface area contributed by atoms with Crippen LogP contribution in [0.3, 0.4) is 0 Å². The van der Waals surface area contributed by atoms with Gasteiger partial charge in [0.2, 0.25) is 5.16 Å². The zero-order valence-corrected chi connectivity index (χ0v) is 18.1. The monoisotopic (exact) mass is 462 g/mol. The van der Waals surface area contributed by atoms with Crippen LogP contribution in [0.25, 0.3) is 17.5 Å². The van der Waals surface area contributed by atoms with Gasteiger partial charge in [-0.15, -0.1) is 5.10 Å². The number of halogens is 1. The van der Waals surface area contributed by atoms with E-state index in [1.807, 2.05) is 11.0 Å². The lowest BCUT2D eigenvalue weighted by Crippen LogP contribution is -2.35. The van der Waals surface area contributed by atoms with Gasteiger partial charge in [-0.3, -0.25) is 5.10 Å². The van der Waals surface area contributed by atoms with Gasteiger partial charge in [0, 0.05) is 30.3 Å². The second-order valence-corrected chi connectivity index (χ2v) is 7.95.